The maximum atomic E-state index is 13.1. The third-order valence-electron chi connectivity index (χ3n) is 3.02. The van der Waals surface area contributed by atoms with Crippen molar-refractivity contribution in [2.75, 3.05) is 5.32 Å². The van der Waals surface area contributed by atoms with Gasteiger partial charge in [-0.05, 0) is 25.0 Å². The molecule has 0 aliphatic rings. The van der Waals surface area contributed by atoms with E-state index >= 15 is 0 Å². The van der Waals surface area contributed by atoms with Crippen LogP contribution in [0.25, 0.3) is 0 Å². The summed E-state index contributed by atoms with van der Waals surface area (Å²) in [5.41, 5.74) is 2.31. The molecule has 1 N–H and O–H groups in total. The number of anilines is 1. The summed E-state index contributed by atoms with van der Waals surface area (Å²) >= 11 is 0. The second-order valence-corrected chi connectivity index (χ2v) is 4.48. The van der Waals surface area contributed by atoms with Gasteiger partial charge < -0.3 is 5.32 Å². The van der Waals surface area contributed by atoms with E-state index in [1.165, 1.54) is 0 Å². The van der Waals surface area contributed by atoms with E-state index < -0.39 is 17.5 Å². The topological polar surface area (TPSA) is 12.0 Å². The molecule has 0 saturated heterocycles. The fourth-order valence-electron chi connectivity index (χ4n) is 2.04. The zero-order valence-corrected chi connectivity index (χ0v) is 10.7. The highest BCUT2D eigenvalue weighted by atomic mass is 19.2. The summed E-state index contributed by atoms with van der Waals surface area (Å²) in [4.78, 5) is 0. The second kappa shape index (κ2) is 5.34. The van der Waals surface area contributed by atoms with E-state index in [4.69, 9.17) is 0 Å². The fraction of sp³-hybridized carbons (Fsp3) is 0.200. The van der Waals surface area contributed by atoms with Crippen molar-refractivity contribution in [2.45, 2.75) is 19.9 Å². The van der Waals surface area contributed by atoms with Gasteiger partial charge in [0.2, 0.25) is 0 Å². The molecule has 0 saturated carbocycles. The highest BCUT2D eigenvalue weighted by Gasteiger charge is 2.13. The number of aryl methyl sites for hydroxylation is 1. The van der Waals surface area contributed by atoms with Gasteiger partial charge >= 0.3 is 0 Å². The Morgan fingerprint density at radius 2 is 1.58 bits per heavy atom. The molecule has 0 aliphatic carbocycles. The van der Waals surface area contributed by atoms with Gasteiger partial charge in [0.25, 0.3) is 0 Å². The van der Waals surface area contributed by atoms with Gasteiger partial charge in [-0.3, -0.25) is 0 Å². The summed E-state index contributed by atoms with van der Waals surface area (Å²) in [6.07, 6.45) is 0. The average Bonchev–Trinajstić information content (AvgIpc) is 2.36. The summed E-state index contributed by atoms with van der Waals surface area (Å²) in [6.45, 7) is 3.83. The number of hydrogen-bond donors (Lipinski definition) is 1. The Morgan fingerprint density at radius 1 is 1.00 bits per heavy atom. The number of benzene rings is 2. The number of rotatable bonds is 3. The van der Waals surface area contributed by atoms with Crippen LogP contribution in [0, 0.1) is 24.4 Å². The van der Waals surface area contributed by atoms with Crippen molar-refractivity contribution in [2.24, 2.45) is 0 Å². The van der Waals surface area contributed by atoms with Crippen molar-refractivity contribution in [3.05, 3.63) is 65.0 Å². The first-order valence-electron chi connectivity index (χ1n) is 5.95. The quantitative estimate of drug-likeness (QED) is 0.801. The van der Waals surface area contributed by atoms with Crippen LogP contribution < -0.4 is 5.32 Å². The molecule has 19 heavy (non-hydrogen) atoms. The number of halogens is 3. The monoisotopic (exact) mass is 265 g/mol. The van der Waals surface area contributed by atoms with Crippen LogP contribution in [-0.2, 0) is 0 Å². The van der Waals surface area contributed by atoms with Crippen molar-refractivity contribution >= 4 is 5.69 Å². The highest BCUT2D eigenvalue weighted by molar-refractivity contribution is 5.47. The molecule has 0 radical (unpaired) electrons. The summed E-state index contributed by atoms with van der Waals surface area (Å²) in [5, 5.41) is 2.96. The minimum absolute atomic E-state index is 0.134. The predicted molar refractivity (Wildman–Crippen MR) is 69.5 cm³/mol. The largest absolute Gasteiger partial charge is 0.378 e. The molecule has 2 aromatic rings. The highest BCUT2D eigenvalue weighted by Crippen LogP contribution is 2.24. The van der Waals surface area contributed by atoms with Crippen molar-refractivity contribution in [1.29, 1.82) is 0 Å². The van der Waals surface area contributed by atoms with E-state index in [1.54, 1.807) is 0 Å². The van der Waals surface area contributed by atoms with Gasteiger partial charge in [-0.2, -0.15) is 0 Å². The molecule has 2 aromatic carbocycles. The lowest BCUT2D eigenvalue weighted by Gasteiger charge is -2.18. The maximum Gasteiger partial charge on any atom is 0.194 e. The Bertz CT molecular complexity index is 573. The maximum absolute atomic E-state index is 13.1. The Labute approximate surface area is 110 Å². The molecule has 0 bridgehead atoms. The van der Waals surface area contributed by atoms with E-state index in [1.807, 2.05) is 38.1 Å². The molecule has 1 nitrogen and oxygen atoms in total. The Balaban J connectivity index is 2.24. The molecule has 0 fully saturated rings. The normalized spacial score (nSPS) is 12.3. The third kappa shape index (κ3) is 2.89. The van der Waals surface area contributed by atoms with Gasteiger partial charge in [0.1, 0.15) is 0 Å². The van der Waals surface area contributed by atoms with Crippen LogP contribution in [0.5, 0.6) is 0 Å². The lowest BCUT2D eigenvalue weighted by molar-refractivity contribution is 0.447. The summed E-state index contributed by atoms with van der Waals surface area (Å²) < 4.78 is 39.1. The fourth-order valence-corrected chi connectivity index (χ4v) is 2.04. The first-order valence-corrected chi connectivity index (χ1v) is 5.95. The molecular formula is C15H14F3N. The molecule has 0 aromatic heterocycles. The molecule has 100 valence electrons. The van der Waals surface area contributed by atoms with Gasteiger partial charge in [0.05, 0.1) is 0 Å². The summed E-state index contributed by atoms with van der Waals surface area (Å²) in [6, 6.07) is 9.48. The van der Waals surface area contributed by atoms with Gasteiger partial charge in [-0.25, -0.2) is 13.2 Å². The van der Waals surface area contributed by atoms with Crippen LogP contribution in [-0.4, -0.2) is 0 Å². The van der Waals surface area contributed by atoms with Crippen molar-refractivity contribution in [1.82, 2.24) is 0 Å². The first-order chi connectivity index (χ1) is 8.99. The van der Waals surface area contributed by atoms with E-state index in [0.717, 1.165) is 23.3 Å². The van der Waals surface area contributed by atoms with E-state index in [0.29, 0.717) is 0 Å². The number of hydrogen-bond acceptors (Lipinski definition) is 1. The minimum atomic E-state index is -1.45. The SMILES string of the molecule is Cc1ccccc1C(C)Nc1cc(F)c(F)c(F)c1. The van der Waals surface area contributed by atoms with Gasteiger partial charge in [0.15, 0.2) is 17.5 Å². The molecule has 0 aliphatic heterocycles. The third-order valence-corrected chi connectivity index (χ3v) is 3.02. The Morgan fingerprint density at radius 3 is 2.16 bits per heavy atom. The van der Waals surface area contributed by atoms with E-state index in [-0.39, 0.29) is 11.7 Å². The summed E-state index contributed by atoms with van der Waals surface area (Å²) in [5.74, 6) is -3.84. The van der Waals surface area contributed by atoms with Crippen molar-refractivity contribution in [3.63, 3.8) is 0 Å². The first kappa shape index (κ1) is 13.5. The number of nitrogens with one attached hydrogen (secondary N) is 1. The van der Waals surface area contributed by atoms with Crippen LogP contribution >= 0.6 is 0 Å². The smallest absolute Gasteiger partial charge is 0.194 e. The van der Waals surface area contributed by atoms with Crippen LogP contribution in [0.2, 0.25) is 0 Å². The average molecular weight is 265 g/mol. The lowest BCUT2D eigenvalue weighted by atomic mass is 10.0. The Hall–Kier alpha value is -1.97. The molecule has 0 amide bonds. The van der Waals surface area contributed by atoms with E-state index in [2.05, 4.69) is 5.32 Å². The molecule has 0 heterocycles. The van der Waals surface area contributed by atoms with Crippen molar-refractivity contribution < 1.29 is 13.2 Å². The molecule has 4 heteroatoms. The Kier molecular flexibility index (Phi) is 3.79. The minimum Gasteiger partial charge on any atom is -0.378 e. The van der Waals surface area contributed by atoms with E-state index in [9.17, 15) is 13.2 Å². The van der Waals surface area contributed by atoms with Gasteiger partial charge in [-0.15, -0.1) is 0 Å². The zero-order valence-electron chi connectivity index (χ0n) is 10.7. The molecule has 2 rings (SSSR count). The summed E-state index contributed by atoms with van der Waals surface area (Å²) in [7, 11) is 0. The second-order valence-electron chi connectivity index (χ2n) is 4.48. The molecule has 1 unspecified atom stereocenters. The van der Waals surface area contributed by atoms with Crippen LogP contribution in [0.3, 0.4) is 0 Å². The molecule has 1 atom stereocenters. The van der Waals surface area contributed by atoms with Gasteiger partial charge in [0, 0.05) is 23.9 Å². The zero-order chi connectivity index (χ0) is 14.0. The molecule has 0 spiro atoms. The van der Waals surface area contributed by atoms with Crippen molar-refractivity contribution in [3.8, 4) is 0 Å². The van der Waals surface area contributed by atoms with Crippen LogP contribution in [0.4, 0.5) is 18.9 Å². The lowest BCUT2D eigenvalue weighted by Crippen LogP contribution is -2.09. The standard InChI is InChI=1S/C15H14F3N/c1-9-5-3-4-6-12(9)10(2)19-11-7-13(16)15(18)14(17)8-11/h3-8,10,19H,1-2H3. The van der Waals surface area contributed by atoms with Crippen LogP contribution in [0.1, 0.15) is 24.1 Å². The predicted octanol–water partition coefficient (Wildman–Crippen LogP) is 4.59. The van der Waals surface area contributed by atoms with Crippen LogP contribution in [0.15, 0.2) is 36.4 Å². The van der Waals surface area contributed by atoms with Gasteiger partial charge in [-0.1, -0.05) is 24.3 Å². The molecular weight excluding hydrogens is 251 g/mol.